The van der Waals surface area contributed by atoms with Crippen molar-refractivity contribution in [2.24, 2.45) is 10.2 Å². The van der Waals surface area contributed by atoms with Crippen molar-refractivity contribution in [3.8, 4) is 0 Å². The lowest BCUT2D eigenvalue weighted by Gasteiger charge is -2.08. The number of esters is 1. The Morgan fingerprint density at radius 3 is 2.20 bits per heavy atom. The van der Waals surface area contributed by atoms with Gasteiger partial charge in [0, 0.05) is 12.1 Å². The lowest BCUT2D eigenvalue weighted by atomic mass is 10.1. The van der Waals surface area contributed by atoms with Crippen molar-refractivity contribution in [2.45, 2.75) is 58.3 Å². The van der Waals surface area contributed by atoms with Crippen molar-refractivity contribution < 1.29 is 9.53 Å². The fourth-order valence-corrected chi connectivity index (χ4v) is 3.02. The average molecular weight is 426 g/mol. The number of azo groups is 1. The Morgan fingerprint density at radius 2 is 1.50 bits per heavy atom. The smallest absolute Gasteiger partial charge is 0.306 e. The summed E-state index contributed by atoms with van der Waals surface area (Å²) in [5.74, 6) is -0.190. The molecule has 0 aliphatic carbocycles. The van der Waals surface area contributed by atoms with Gasteiger partial charge < -0.3 is 10.1 Å². The number of rotatable bonds is 13. The molecule has 0 aliphatic rings. The summed E-state index contributed by atoms with van der Waals surface area (Å²) in [6, 6.07) is 17.1. The van der Waals surface area contributed by atoms with Gasteiger partial charge in [-0.05, 0) is 42.8 Å². The maximum absolute atomic E-state index is 11.8. The highest BCUT2D eigenvalue weighted by Gasteiger charge is 2.06. The lowest BCUT2D eigenvalue weighted by Crippen LogP contribution is -2.13. The number of hydrogen-bond donors (Lipinski definition) is 1. The molecule has 0 radical (unpaired) electrons. The highest BCUT2D eigenvalue weighted by molar-refractivity contribution is 7.80. The molecule has 0 atom stereocenters. The van der Waals surface area contributed by atoms with E-state index in [1.165, 1.54) is 25.7 Å². The van der Waals surface area contributed by atoms with Crippen LogP contribution in [0.25, 0.3) is 0 Å². The average Bonchev–Trinajstić information content (AvgIpc) is 2.77. The molecule has 0 saturated heterocycles. The van der Waals surface area contributed by atoms with E-state index in [9.17, 15) is 4.79 Å². The fourth-order valence-electron chi connectivity index (χ4n) is 2.80. The predicted molar refractivity (Wildman–Crippen MR) is 127 cm³/mol. The first-order valence-corrected chi connectivity index (χ1v) is 11.1. The van der Waals surface area contributed by atoms with E-state index < -0.39 is 0 Å². The van der Waals surface area contributed by atoms with Gasteiger partial charge in [-0.15, -0.1) is 0 Å². The van der Waals surface area contributed by atoms with Crippen LogP contribution in [0.3, 0.4) is 0 Å². The van der Waals surface area contributed by atoms with Crippen molar-refractivity contribution in [1.82, 2.24) is 0 Å². The minimum Gasteiger partial charge on any atom is -0.466 e. The van der Waals surface area contributed by atoms with Crippen LogP contribution in [-0.2, 0) is 9.53 Å². The molecule has 0 saturated carbocycles. The van der Waals surface area contributed by atoms with E-state index in [4.69, 9.17) is 17.0 Å². The van der Waals surface area contributed by atoms with Gasteiger partial charge in [0.25, 0.3) is 0 Å². The van der Waals surface area contributed by atoms with Gasteiger partial charge in [-0.3, -0.25) is 4.79 Å². The first-order chi connectivity index (χ1) is 14.7. The number of nitrogens with zero attached hydrogens (tertiary/aromatic N) is 2. The number of ether oxygens (including phenoxy) is 1. The van der Waals surface area contributed by atoms with Crippen LogP contribution in [0.1, 0.15) is 58.3 Å². The molecule has 0 heterocycles. The van der Waals surface area contributed by atoms with Gasteiger partial charge in [-0.2, -0.15) is 10.2 Å². The van der Waals surface area contributed by atoms with Crippen LogP contribution in [0.4, 0.5) is 17.1 Å². The second-order valence-electron chi connectivity index (χ2n) is 7.12. The van der Waals surface area contributed by atoms with Crippen LogP contribution < -0.4 is 5.32 Å². The molecule has 2 aromatic carbocycles. The van der Waals surface area contributed by atoms with Gasteiger partial charge in [0.05, 0.1) is 29.4 Å². The highest BCUT2D eigenvalue weighted by Crippen LogP contribution is 2.20. The van der Waals surface area contributed by atoms with Crippen molar-refractivity contribution >= 4 is 40.2 Å². The number of unbranched alkanes of at least 4 members (excludes halogenated alkanes) is 5. The van der Waals surface area contributed by atoms with E-state index in [1.54, 1.807) is 0 Å². The molecule has 5 nitrogen and oxygen atoms in total. The van der Waals surface area contributed by atoms with Crippen molar-refractivity contribution in [3.05, 3.63) is 54.6 Å². The van der Waals surface area contributed by atoms with E-state index in [-0.39, 0.29) is 5.97 Å². The first-order valence-electron chi connectivity index (χ1n) is 10.7. The second kappa shape index (κ2) is 14.4. The maximum atomic E-state index is 11.8. The van der Waals surface area contributed by atoms with Crippen LogP contribution in [0, 0.1) is 0 Å². The first kappa shape index (κ1) is 23.7. The Labute approximate surface area is 184 Å². The number of carbonyl (C=O) groups excluding carboxylic acids is 1. The summed E-state index contributed by atoms with van der Waals surface area (Å²) < 4.78 is 5.28. The standard InChI is InChI=1S/C24H31N3O2S/c1-2-3-4-5-6-10-19-29-24(28)18-17-23(30)25-20-13-15-22(16-14-20)27-26-21-11-8-7-9-12-21/h7-9,11-16H,2-6,10,17-19H2,1H3,(H,25,30). The summed E-state index contributed by atoms with van der Waals surface area (Å²) in [4.78, 5) is 12.5. The summed E-state index contributed by atoms with van der Waals surface area (Å²) in [6.45, 7) is 2.71. The van der Waals surface area contributed by atoms with Gasteiger partial charge >= 0.3 is 5.97 Å². The Bertz CT molecular complexity index is 792. The monoisotopic (exact) mass is 425 g/mol. The van der Waals surface area contributed by atoms with E-state index in [0.29, 0.717) is 24.4 Å². The molecule has 0 amide bonds. The zero-order chi connectivity index (χ0) is 21.4. The number of nitrogens with one attached hydrogen (secondary N) is 1. The molecule has 2 aromatic rings. The summed E-state index contributed by atoms with van der Waals surface area (Å²) in [5, 5.41) is 11.6. The number of anilines is 1. The zero-order valence-electron chi connectivity index (χ0n) is 17.7. The quantitative estimate of drug-likeness (QED) is 0.156. The molecule has 0 aromatic heterocycles. The third kappa shape index (κ3) is 10.3. The minimum atomic E-state index is -0.190. The summed E-state index contributed by atoms with van der Waals surface area (Å²) in [7, 11) is 0. The molecular formula is C24H31N3O2S. The molecule has 0 bridgehead atoms. The summed E-state index contributed by atoms with van der Waals surface area (Å²) in [6.07, 6.45) is 7.83. The molecule has 0 fully saturated rings. The molecule has 160 valence electrons. The van der Waals surface area contributed by atoms with Crippen LogP contribution in [-0.4, -0.2) is 17.6 Å². The largest absolute Gasteiger partial charge is 0.466 e. The van der Waals surface area contributed by atoms with Crippen LogP contribution in [0.5, 0.6) is 0 Å². The number of benzene rings is 2. The second-order valence-corrected chi connectivity index (χ2v) is 7.61. The van der Waals surface area contributed by atoms with Crippen molar-refractivity contribution in [2.75, 3.05) is 11.9 Å². The third-order valence-electron chi connectivity index (χ3n) is 4.51. The Morgan fingerprint density at radius 1 is 0.867 bits per heavy atom. The van der Waals surface area contributed by atoms with E-state index in [1.807, 2.05) is 54.6 Å². The SMILES string of the molecule is CCCCCCCCOC(=O)CCC(=S)Nc1ccc(N=Nc2ccccc2)cc1. The van der Waals surface area contributed by atoms with Gasteiger partial charge in [0.15, 0.2) is 0 Å². The molecule has 0 spiro atoms. The van der Waals surface area contributed by atoms with Gasteiger partial charge in [-0.1, -0.05) is 69.4 Å². The van der Waals surface area contributed by atoms with Crippen LogP contribution in [0.2, 0.25) is 0 Å². The van der Waals surface area contributed by atoms with Crippen LogP contribution >= 0.6 is 12.2 Å². The van der Waals surface area contributed by atoms with E-state index in [2.05, 4.69) is 22.5 Å². The van der Waals surface area contributed by atoms with Gasteiger partial charge in [0.2, 0.25) is 0 Å². The Kier molecular flexibility index (Phi) is 11.4. The van der Waals surface area contributed by atoms with E-state index >= 15 is 0 Å². The normalized spacial score (nSPS) is 10.8. The molecule has 0 unspecified atom stereocenters. The number of carbonyl (C=O) groups is 1. The van der Waals surface area contributed by atoms with Crippen molar-refractivity contribution in [1.29, 1.82) is 0 Å². The Balaban J connectivity index is 1.62. The van der Waals surface area contributed by atoms with Gasteiger partial charge in [-0.25, -0.2) is 0 Å². The predicted octanol–water partition coefficient (Wildman–Crippen LogP) is 7.53. The number of hydrogen-bond acceptors (Lipinski definition) is 5. The molecule has 6 heteroatoms. The lowest BCUT2D eigenvalue weighted by molar-refractivity contribution is -0.143. The van der Waals surface area contributed by atoms with Crippen molar-refractivity contribution in [3.63, 3.8) is 0 Å². The molecular weight excluding hydrogens is 394 g/mol. The summed E-state index contributed by atoms with van der Waals surface area (Å²) >= 11 is 5.34. The van der Waals surface area contributed by atoms with Gasteiger partial charge in [0.1, 0.15) is 0 Å². The van der Waals surface area contributed by atoms with E-state index in [0.717, 1.165) is 29.9 Å². The Hall–Kier alpha value is -2.60. The third-order valence-corrected chi connectivity index (χ3v) is 4.81. The molecule has 30 heavy (non-hydrogen) atoms. The molecule has 0 aliphatic heterocycles. The highest BCUT2D eigenvalue weighted by atomic mass is 32.1. The topological polar surface area (TPSA) is 63.0 Å². The van der Waals surface area contributed by atoms with Crippen LogP contribution in [0.15, 0.2) is 64.8 Å². The summed E-state index contributed by atoms with van der Waals surface area (Å²) in [5.41, 5.74) is 2.43. The maximum Gasteiger partial charge on any atom is 0.306 e. The minimum absolute atomic E-state index is 0.190. The number of thiocarbonyl (C=S) groups is 1. The molecule has 2 rings (SSSR count). The zero-order valence-corrected chi connectivity index (χ0v) is 18.5. The molecule has 1 N–H and O–H groups in total. The fraction of sp³-hybridized carbons (Fsp3) is 0.417.